The molecule has 1 aliphatic rings. The number of rotatable bonds is 8. The van der Waals surface area contributed by atoms with Gasteiger partial charge in [0.1, 0.15) is 0 Å². The Morgan fingerprint density at radius 2 is 2.12 bits per heavy atom. The van der Waals surface area contributed by atoms with E-state index in [4.69, 9.17) is 4.74 Å². The van der Waals surface area contributed by atoms with Crippen LogP contribution in [0.15, 0.2) is 12.4 Å². The lowest BCUT2D eigenvalue weighted by Gasteiger charge is -2.26. The van der Waals surface area contributed by atoms with Crippen molar-refractivity contribution in [1.82, 2.24) is 14.9 Å². The number of aromatic nitrogens is 2. The highest BCUT2D eigenvalue weighted by Gasteiger charge is 2.34. The summed E-state index contributed by atoms with van der Waals surface area (Å²) in [6.45, 7) is 3.63. The number of anilines is 1. The molecule has 0 radical (unpaired) electrons. The summed E-state index contributed by atoms with van der Waals surface area (Å²) in [5, 5.41) is 3.05. The topological polar surface area (TPSA) is 101 Å². The molecule has 1 saturated heterocycles. The van der Waals surface area contributed by atoms with E-state index in [1.54, 1.807) is 12.0 Å². The molecular formula is C15H24N4O4S. The maximum atomic E-state index is 12.6. The lowest BCUT2D eigenvalue weighted by Crippen LogP contribution is -2.41. The highest BCUT2D eigenvalue weighted by molar-refractivity contribution is 7.91. The third kappa shape index (κ3) is 4.88. The Bertz CT molecular complexity index is 648. The van der Waals surface area contributed by atoms with Gasteiger partial charge in [0.15, 0.2) is 9.84 Å². The van der Waals surface area contributed by atoms with Crippen LogP contribution in [0.2, 0.25) is 0 Å². The van der Waals surface area contributed by atoms with Crippen molar-refractivity contribution < 1.29 is 17.9 Å². The highest BCUT2D eigenvalue weighted by Crippen LogP contribution is 2.19. The first-order valence-electron chi connectivity index (χ1n) is 8.03. The van der Waals surface area contributed by atoms with Gasteiger partial charge in [-0.2, -0.15) is 0 Å². The second-order valence-electron chi connectivity index (χ2n) is 5.72. The van der Waals surface area contributed by atoms with Gasteiger partial charge in [0.05, 0.1) is 17.1 Å². The number of nitrogens with one attached hydrogen (secondary N) is 1. The Kier molecular flexibility index (Phi) is 6.50. The molecule has 134 valence electrons. The van der Waals surface area contributed by atoms with Gasteiger partial charge in [-0.15, -0.1) is 0 Å². The van der Waals surface area contributed by atoms with Crippen LogP contribution in [0.1, 0.15) is 30.1 Å². The molecule has 9 heteroatoms. The third-order valence-corrected chi connectivity index (χ3v) is 5.71. The molecule has 8 nitrogen and oxygen atoms in total. The number of carbonyl (C=O) groups excluding carboxylic acids is 1. The van der Waals surface area contributed by atoms with E-state index in [0.29, 0.717) is 37.6 Å². The van der Waals surface area contributed by atoms with E-state index in [1.165, 1.54) is 12.4 Å². The molecule has 0 bridgehead atoms. The van der Waals surface area contributed by atoms with E-state index in [0.717, 1.165) is 6.42 Å². The average molecular weight is 356 g/mol. The van der Waals surface area contributed by atoms with Crippen LogP contribution in [-0.2, 0) is 14.6 Å². The fourth-order valence-electron chi connectivity index (χ4n) is 2.70. The van der Waals surface area contributed by atoms with Crippen LogP contribution in [0.3, 0.4) is 0 Å². The molecule has 2 rings (SSSR count). The predicted molar refractivity (Wildman–Crippen MR) is 90.8 cm³/mol. The zero-order chi connectivity index (χ0) is 17.6. The first-order valence-corrected chi connectivity index (χ1v) is 9.85. The quantitative estimate of drug-likeness (QED) is 0.680. The second kappa shape index (κ2) is 8.39. The molecule has 1 aliphatic heterocycles. The van der Waals surface area contributed by atoms with Gasteiger partial charge in [-0.1, -0.05) is 0 Å². The first-order chi connectivity index (χ1) is 11.5. The summed E-state index contributed by atoms with van der Waals surface area (Å²) in [6.07, 6.45) is 4.27. The SMILES string of the molecule is CCN(C(=O)c1cnc(NCCCOC)nc1)C1CCS(=O)(=O)C1. The van der Waals surface area contributed by atoms with Crippen LogP contribution in [0, 0.1) is 0 Å². The molecule has 1 aromatic heterocycles. The number of hydrogen-bond donors (Lipinski definition) is 1. The van der Waals surface area contributed by atoms with Gasteiger partial charge in [-0.3, -0.25) is 4.79 Å². The van der Waals surface area contributed by atoms with Crippen LogP contribution in [0.4, 0.5) is 5.95 Å². The summed E-state index contributed by atoms with van der Waals surface area (Å²) < 4.78 is 28.2. The van der Waals surface area contributed by atoms with Crippen molar-refractivity contribution in [2.24, 2.45) is 0 Å². The number of sulfone groups is 1. The van der Waals surface area contributed by atoms with E-state index in [9.17, 15) is 13.2 Å². The summed E-state index contributed by atoms with van der Waals surface area (Å²) in [6, 6.07) is -0.264. The summed E-state index contributed by atoms with van der Waals surface area (Å²) in [5.41, 5.74) is 0.364. The molecule has 1 aromatic rings. The van der Waals surface area contributed by atoms with Gasteiger partial charge in [-0.05, 0) is 19.8 Å². The van der Waals surface area contributed by atoms with Crippen molar-refractivity contribution in [3.8, 4) is 0 Å². The van der Waals surface area contributed by atoms with Gasteiger partial charge in [0.25, 0.3) is 5.91 Å². The molecule has 2 heterocycles. The molecule has 1 amide bonds. The zero-order valence-corrected chi connectivity index (χ0v) is 14.9. The maximum absolute atomic E-state index is 12.6. The Balaban J connectivity index is 1.98. The molecule has 1 atom stereocenters. The van der Waals surface area contributed by atoms with Crippen molar-refractivity contribution >= 4 is 21.7 Å². The predicted octanol–water partition coefficient (Wildman–Crippen LogP) is 0.574. The number of methoxy groups -OCH3 is 1. The van der Waals surface area contributed by atoms with Crippen molar-refractivity contribution in [2.45, 2.75) is 25.8 Å². The van der Waals surface area contributed by atoms with Gasteiger partial charge >= 0.3 is 0 Å². The van der Waals surface area contributed by atoms with Crippen LogP contribution in [0.25, 0.3) is 0 Å². The number of amides is 1. The fraction of sp³-hybridized carbons (Fsp3) is 0.667. The van der Waals surface area contributed by atoms with Crippen molar-refractivity contribution in [3.63, 3.8) is 0 Å². The Morgan fingerprint density at radius 3 is 2.67 bits per heavy atom. The first kappa shape index (κ1) is 18.6. The number of carbonyl (C=O) groups is 1. The normalized spacial score (nSPS) is 19.2. The summed E-state index contributed by atoms with van der Waals surface area (Å²) in [4.78, 5) is 22.5. The Morgan fingerprint density at radius 1 is 1.42 bits per heavy atom. The number of nitrogens with zero attached hydrogens (tertiary/aromatic N) is 3. The molecular weight excluding hydrogens is 332 g/mol. The smallest absolute Gasteiger partial charge is 0.257 e. The minimum Gasteiger partial charge on any atom is -0.385 e. The lowest BCUT2D eigenvalue weighted by atomic mass is 10.2. The standard InChI is InChI=1S/C15H24N4O4S/c1-3-19(13-5-8-24(21,22)11-13)14(20)12-9-17-15(18-10-12)16-6-4-7-23-2/h9-10,13H,3-8,11H2,1-2H3,(H,16,17,18). The van der Waals surface area contributed by atoms with E-state index < -0.39 is 9.84 Å². The highest BCUT2D eigenvalue weighted by atomic mass is 32.2. The van der Waals surface area contributed by atoms with Crippen LogP contribution < -0.4 is 5.32 Å². The summed E-state index contributed by atoms with van der Waals surface area (Å²) in [5.74, 6) is 0.397. The molecule has 0 saturated carbocycles. The minimum absolute atomic E-state index is 0.0343. The number of ether oxygens (including phenoxy) is 1. The molecule has 1 N–H and O–H groups in total. The monoisotopic (exact) mass is 356 g/mol. The summed E-state index contributed by atoms with van der Waals surface area (Å²) in [7, 11) is -1.39. The number of hydrogen-bond acceptors (Lipinski definition) is 7. The van der Waals surface area contributed by atoms with Crippen molar-refractivity contribution in [2.75, 3.05) is 43.6 Å². The Hall–Kier alpha value is -1.74. The molecule has 0 spiro atoms. The van der Waals surface area contributed by atoms with Gasteiger partial charge in [0, 0.05) is 45.2 Å². The lowest BCUT2D eigenvalue weighted by molar-refractivity contribution is 0.0707. The van der Waals surface area contributed by atoms with Gasteiger partial charge in [-0.25, -0.2) is 18.4 Å². The molecule has 0 aliphatic carbocycles. The van der Waals surface area contributed by atoms with E-state index >= 15 is 0 Å². The van der Waals surface area contributed by atoms with E-state index in [1.807, 2.05) is 6.92 Å². The fourth-order valence-corrected chi connectivity index (χ4v) is 4.43. The zero-order valence-electron chi connectivity index (χ0n) is 14.1. The third-order valence-electron chi connectivity index (χ3n) is 3.96. The minimum atomic E-state index is -3.03. The van der Waals surface area contributed by atoms with Crippen LogP contribution in [0.5, 0.6) is 0 Å². The average Bonchev–Trinajstić information content (AvgIpc) is 2.92. The second-order valence-corrected chi connectivity index (χ2v) is 7.95. The van der Waals surface area contributed by atoms with Crippen molar-refractivity contribution in [3.05, 3.63) is 18.0 Å². The van der Waals surface area contributed by atoms with Crippen LogP contribution in [-0.4, -0.2) is 73.5 Å². The van der Waals surface area contributed by atoms with E-state index in [-0.39, 0.29) is 23.5 Å². The molecule has 1 fully saturated rings. The molecule has 1 unspecified atom stereocenters. The molecule has 0 aromatic carbocycles. The summed E-state index contributed by atoms with van der Waals surface area (Å²) >= 11 is 0. The van der Waals surface area contributed by atoms with Crippen LogP contribution >= 0.6 is 0 Å². The molecule has 24 heavy (non-hydrogen) atoms. The largest absolute Gasteiger partial charge is 0.385 e. The van der Waals surface area contributed by atoms with E-state index in [2.05, 4.69) is 15.3 Å². The van der Waals surface area contributed by atoms with Gasteiger partial charge in [0.2, 0.25) is 5.95 Å². The Labute approximate surface area is 142 Å². The van der Waals surface area contributed by atoms with Gasteiger partial charge < -0.3 is 15.0 Å². The van der Waals surface area contributed by atoms with Crippen molar-refractivity contribution in [1.29, 1.82) is 0 Å². The maximum Gasteiger partial charge on any atom is 0.257 e.